The Bertz CT molecular complexity index is 439. The Morgan fingerprint density at radius 3 is 3.00 bits per heavy atom. The molecule has 1 N–H and O–H groups in total. The highest BCUT2D eigenvalue weighted by molar-refractivity contribution is 7.91. The van der Waals surface area contributed by atoms with Crippen LogP contribution in [0.5, 0.6) is 0 Å². The summed E-state index contributed by atoms with van der Waals surface area (Å²) in [5.41, 5.74) is 0.835. The van der Waals surface area contributed by atoms with Crippen LogP contribution in [-0.2, 0) is 23.4 Å². The summed E-state index contributed by atoms with van der Waals surface area (Å²) in [5.74, 6) is 0.540. The van der Waals surface area contributed by atoms with Gasteiger partial charge in [0.15, 0.2) is 9.84 Å². The average Bonchev–Trinajstić information content (AvgIpc) is 2.69. The van der Waals surface area contributed by atoms with Gasteiger partial charge in [-0.15, -0.1) is 5.10 Å². The van der Waals surface area contributed by atoms with Crippen LogP contribution in [0.3, 0.4) is 0 Å². The van der Waals surface area contributed by atoms with E-state index in [0.717, 1.165) is 5.69 Å². The van der Waals surface area contributed by atoms with Gasteiger partial charge >= 0.3 is 0 Å². The minimum atomic E-state index is -2.80. The van der Waals surface area contributed by atoms with E-state index in [-0.39, 0.29) is 11.8 Å². The van der Waals surface area contributed by atoms with Crippen LogP contribution in [0, 0.1) is 0 Å². The maximum Gasteiger partial charge on any atom is 0.151 e. The summed E-state index contributed by atoms with van der Waals surface area (Å²) in [6, 6.07) is 0.0667. The van der Waals surface area contributed by atoms with Crippen molar-refractivity contribution in [3.05, 3.63) is 11.9 Å². The van der Waals surface area contributed by atoms with Crippen molar-refractivity contribution in [2.24, 2.45) is 7.05 Å². The molecule has 1 aromatic heterocycles. The zero-order valence-corrected chi connectivity index (χ0v) is 9.37. The first kappa shape index (κ1) is 10.6. The van der Waals surface area contributed by atoms with Gasteiger partial charge in [-0.2, -0.15) is 0 Å². The molecule has 0 radical (unpaired) electrons. The monoisotopic (exact) mass is 230 g/mol. The van der Waals surface area contributed by atoms with Gasteiger partial charge in [0.25, 0.3) is 0 Å². The SMILES string of the molecule is Cn1cc(CNC2CCS(=O)(=O)C2)nn1. The highest BCUT2D eigenvalue weighted by Crippen LogP contribution is 2.11. The largest absolute Gasteiger partial charge is 0.307 e. The summed E-state index contributed by atoms with van der Waals surface area (Å²) in [6.07, 6.45) is 2.51. The molecule has 1 fully saturated rings. The second-order valence-corrected chi connectivity index (χ2v) is 6.09. The van der Waals surface area contributed by atoms with Crippen LogP contribution in [0.25, 0.3) is 0 Å². The van der Waals surface area contributed by atoms with Gasteiger partial charge in [0, 0.05) is 25.8 Å². The molecular formula is C8H14N4O2S. The fourth-order valence-corrected chi connectivity index (χ4v) is 3.39. The molecule has 0 saturated carbocycles. The Morgan fingerprint density at radius 2 is 2.47 bits per heavy atom. The first-order valence-electron chi connectivity index (χ1n) is 4.84. The van der Waals surface area contributed by atoms with E-state index in [4.69, 9.17) is 0 Å². The van der Waals surface area contributed by atoms with Crippen molar-refractivity contribution in [2.75, 3.05) is 11.5 Å². The summed E-state index contributed by atoms with van der Waals surface area (Å²) in [7, 11) is -0.996. The molecule has 15 heavy (non-hydrogen) atoms. The molecule has 1 atom stereocenters. The van der Waals surface area contributed by atoms with Crippen molar-refractivity contribution < 1.29 is 8.42 Å². The van der Waals surface area contributed by atoms with E-state index in [2.05, 4.69) is 15.6 Å². The average molecular weight is 230 g/mol. The third kappa shape index (κ3) is 2.75. The van der Waals surface area contributed by atoms with E-state index in [0.29, 0.717) is 18.7 Å². The van der Waals surface area contributed by atoms with Crippen LogP contribution >= 0.6 is 0 Å². The highest BCUT2D eigenvalue weighted by Gasteiger charge is 2.27. The Hall–Kier alpha value is -0.950. The van der Waals surface area contributed by atoms with Gasteiger partial charge in [0.2, 0.25) is 0 Å². The van der Waals surface area contributed by atoms with Crippen LogP contribution in [0.1, 0.15) is 12.1 Å². The maximum absolute atomic E-state index is 11.2. The third-order valence-corrected chi connectivity index (χ3v) is 4.22. The van der Waals surface area contributed by atoms with Crippen LogP contribution in [0.4, 0.5) is 0 Å². The Kier molecular flexibility index (Phi) is 2.74. The summed E-state index contributed by atoms with van der Waals surface area (Å²) in [5, 5.41) is 10.9. The predicted octanol–water partition coefficient (Wildman–Crippen LogP) is -0.908. The minimum Gasteiger partial charge on any atom is -0.307 e. The normalized spacial score (nSPS) is 24.5. The van der Waals surface area contributed by atoms with E-state index in [9.17, 15) is 8.42 Å². The topological polar surface area (TPSA) is 76.9 Å². The van der Waals surface area contributed by atoms with Crippen LogP contribution in [-0.4, -0.2) is 41.0 Å². The Labute approximate surface area is 88.6 Å². The molecule has 84 valence electrons. The lowest BCUT2D eigenvalue weighted by Gasteiger charge is -2.07. The second-order valence-electron chi connectivity index (χ2n) is 3.86. The molecule has 0 bridgehead atoms. The maximum atomic E-state index is 11.2. The molecule has 1 unspecified atom stereocenters. The molecule has 2 heterocycles. The Morgan fingerprint density at radius 1 is 1.67 bits per heavy atom. The molecular weight excluding hydrogens is 216 g/mol. The van der Waals surface area contributed by atoms with Gasteiger partial charge in [-0.25, -0.2) is 8.42 Å². The van der Waals surface area contributed by atoms with Crippen molar-refractivity contribution >= 4 is 9.84 Å². The van der Waals surface area contributed by atoms with Crippen LogP contribution in [0.15, 0.2) is 6.20 Å². The van der Waals surface area contributed by atoms with E-state index in [1.54, 1.807) is 11.7 Å². The summed E-state index contributed by atoms with van der Waals surface area (Å²) >= 11 is 0. The standard InChI is InChI=1S/C8H14N4O2S/c1-12-5-8(10-11-12)4-9-7-2-3-15(13,14)6-7/h5,7,9H,2-4,6H2,1H3. The lowest BCUT2D eigenvalue weighted by atomic mass is 10.2. The second kappa shape index (κ2) is 3.90. The zero-order chi connectivity index (χ0) is 10.9. The van der Waals surface area contributed by atoms with E-state index >= 15 is 0 Å². The summed E-state index contributed by atoms with van der Waals surface area (Å²) in [4.78, 5) is 0. The number of nitrogens with one attached hydrogen (secondary N) is 1. The van der Waals surface area contributed by atoms with Gasteiger partial charge in [-0.05, 0) is 6.42 Å². The molecule has 1 aliphatic rings. The lowest BCUT2D eigenvalue weighted by molar-refractivity contribution is 0.548. The fraction of sp³-hybridized carbons (Fsp3) is 0.750. The molecule has 0 aliphatic carbocycles. The van der Waals surface area contributed by atoms with Crippen LogP contribution < -0.4 is 5.32 Å². The highest BCUT2D eigenvalue weighted by atomic mass is 32.2. The summed E-state index contributed by atoms with van der Waals surface area (Å²) < 4.78 is 24.0. The minimum absolute atomic E-state index is 0.0667. The molecule has 2 rings (SSSR count). The van der Waals surface area contributed by atoms with Crippen molar-refractivity contribution in [2.45, 2.75) is 19.0 Å². The molecule has 0 amide bonds. The lowest BCUT2D eigenvalue weighted by Crippen LogP contribution is -2.29. The van der Waals surface area contributed by atoms with E-state index in [1.165, 1.54) is 0 Å². The van der Waals surface area contributed by atoms with Crippen molar-refractivity contribution in [3.8, 4) is 0 Å². The predicted molar refractivity (Wildman–Crippen MR) is 54.9 cm³/mol. The summed E-state index contributed by atoms with van der Waals surface area (Å²) in [6.45, 7) is 0.577. The number of nitrogens with zero attached hydrogens (tertiary/aromatic N) is 3. The van der Waals surface area contributed by atoms with E-state index < -0.39 is 9.84 Å². The quantitative estimate of drug-likeness (QED) is 0.727. The fourth-order valence-electron chi connectivity index (χ4n) is 1.68. The first-order chi connectivity index (χ1) is 7.05. The Balaban J connectivity index is 1.85. The van der Waals surface area contributed by atoms with Crippen LogP contribution in [0.2, 0.25) is 0 Å². The number of aromatic nitrogens is 3. The number of sulfone groups is 1. The molecule has 1 saturated heterocycles. The molecule has 6 nitrogen and oxygen atoms in total. The number of hydrogen-bond acceptors (Lipinski definition) is 5. The zero-order valence-electron chi connectivity index (χ0n) is 8.55. The van der Waals surface area contributed by atoms with Crippen molar-refractivity contribution in [1.82, 2.24) is 20.3 Å². The molecule has 0 spiro atoms. The van der Waals surface area contributed by atoms with Crippen molar-refractivity contribution in [1.29, 1.82) is 0 Å². The molecule has 1 aliphatic heterocycles. The molecule has 1 aromatic rings. The van der Waals surface area contributed by atoms with Gasteiger partial charge < -0.3 is 5.32 Å². The smallest absolute Gasteiger partial charge is 0.151 e. The molecule has 7 heteroatoms. The molecule has 0 aromatic carbocycles. The van der Waals surface area contributed by atoms with Crippen molar-refractivity contribution in [3.63, 3.8) is 0 Å². The number of hydrogen-bond donors (Lipinski definition) is 1. The number of aryl methyl sites for hydroxylation is 1. The van der Waals surface area contributed by atoms with Gasteiger partial charge in [0.05, 0.1) is 17.2 Å². The first-order valence-corrected chi connectivity index (χ1v) is 6.66. The van der Waals surface area contributed by atoms with Gasteiger partial charge in [0.1, 0.15) is 0 Å². The third-order valence-electron chi connectivity index (χ3n) is 2.45. The van der Waals surface area contributed by atoms with E-state index in [1.807, 2.05) is 6.20 Å². The van der Waals surface area contributed by atoms with Gasteiger partial charge in [-0.1, -0.05) is 5.21 Å². The number of rotatable bonds is 3. The van der Waals surface area contributed by atoms with Gasteiger partial charge in [-0.3, -0.25) is 4.68 Å².